The van der Waals surface area contributed by atoms with Crippen LogP contribution in [0.2, 0.25) is 0 Å². The smallest absolute Gasteiger partial charge is 0.391 e. The second-order valence-electron chi connectivity index (χ2n) is 6.40. The molecule has 2 atom stereocenters. The van der Waals surface area contributed by atoms with Gasteiger partial charge in [0.1, 0.15) is 0 Å². The van der Waals surface area contributed by atoms with Crippen LogP contribution in [0.1, 0.15) is 45.4 Å². The molecule has 1 saturated heterocycles. The molecular weight excluding hydrogens is 283 g/mol. The summed E-state index contributed by atoms with van der Waals surface area (Å²) >= 11 is 0. The molecule has 1 heterocycles. The Morgan fingerprint density at radius 2 is 1.81 bits per heavy atom. The van der Waals surface area contributed by atoms with E-state index < -0.39 is 12.1 Å². The van der Waals surface area contributed by atoms with Crippen LogP contribution in [0.3, 0.4) is 0 Å². The van der Waals surface area contributed by atoms with Crippen molar-refractivity contribution in [1.29, 1.82) is 0 Å². The molecule has 21 heavy (non-hydrogen) atoms. The van der Waals surface area contributed by atoms with Gasteiger partial charge in [-0.3, -0.25) is 4.79 Å². The highest BCUT2D eigenvalue weighted by atomic mass is 19.4. The molecular formula is C15H24F3NO2. The molecule has 0 radical (unpaired) electrons. The first-order valence-corrected chi connectivity index (χ1v) is 7.86. The second kappa shape index (κ2) is 6.55. The molecule has 2 aliphatic rings. The van der Waals surface area contributed by atoms with Crippen molar-refractivity contribution in [3.05, 3.63) is 0 Å². The highest BCUT2D eigenvalue weighted by Gasteiger charge is 2.43. The van der Waals surface area contributed by atoms with Gasteiger partial charge >= 0.3 is 6.18 Å². The van der Waals surface area contributed by atoms with E-state index in [2.05, 4.69) is 0 Å². The Kier molecular flexibility index (Phi) is 5.17. The van der Waals surface area contributed by atoms with Crippen LogP contribution in [-0.2, 0) is 4.79 Å². The average molecular weight is 307 g/mol. The highest BCUT2D eigenvalue weighted by Crippen LogP contribution is 2.40. The summed E-state index contributed by atoms with van der Waals surface area (Å²) in [6.07, 6.45) is -2.32. The zero-order chi connectivity index (χ0) is 15.6. The third-order valence-electron chi connectivity index (χ3n) is 5.07. The number of aliphatic hydroxyl groups is 1. The summed E-state index contributed by atoms with van der Waals surface area (Å²) in [4.78, 5) is 14.2. The molecule has 2 unspecified atom stereocenters. The maximum atomic E-state index is 12.6. The van der Waals surface area contributed by atoms with E-state index in [1.165, 1.54) is 0 Å². The van der Waals surface area contributed by atoms with Gasteiger partial charge in [0.25, 0.3) is 0 Å². The van der Waals surface area contributed by atoms with Crippen molar-refractivity contribution in [3.8, 4) is 0 Å². The maximum absolute atomic E-state index is 12.6. The van der Waals surface area contributed by atoms with Gasteiger partial charge in [0, 0.05) is 24.9 Å². The standard InChI is InChI=1S/C15H24F3NO2/c1-2-10-9-19(8-7-13(10)20)14(21)11-3-5-12(6-4-11)15(16,17)18/h10-13,20H,2-9H2,1H3. The number of alkyl halides is 3. The lowest BCUT2D eigenvalue weighted by Crippen LogP contribution is -2.48. The molecule has 0 spiro atoms. The number of piperidine rings is 1. The van der Waals surface area contributed by atoms with Crippen molar-refractivity contribution < 1.29 is 23.1 Å². The van der Waals surface area contributed by atoms with Gasteiger partial charge in [-0.15, -0.1) is 0 Å². The van der Waals surface area contributed by atoms with E-state index in [1.807, 2.05) is 6.92 Å². The minimum Gasteiger partial charge on any atom is -0.393 e. The van der Waals surface area contributed by atoms with Gasteiger partial charge in [0.05, 0.1) is 12.0 Å². The third-order valence-corrected chi connectivity index (χ3v) is 5.07. The minimum absolute atomic E-state index is 0.0130. The Morgan fingerprint density at radius 3 is 2.33 bits per heavy atom. The predicted molar refractivity (Wildman–Crippen MR) is 72.5 cm³/mol. The lowest BCUT2D eigenvalue weighted by Gasteiger charge is -2.39. The van der Waals surface area contributed by atoms with E-state index in [0.29, 0.717) is 32.4 Å². The molecule has 1 amide bonds. The Balaban J connectivity index is 1.87. The van der Waals surface area contributed by atoms with Gasteiger partial charge in [0.2, 0.25) is 5.91 Å². The van der Waals surface area contributed by atoms with Gasteiger partial charge in [-0.25, -0.2) is 0 Å². The lowest BCUT2D eigenvalue weighted by molar-refractivity contribution is -0.185. The van der Waals surface area contributed by atoms with Crippen molar-refractivity contribution in [2.24, 2.45) is 17.8 Å². The number of carbonyl (C=O) groups is 1. The molecule has 122 valence electrons. The number of aliphatic hydroxyl groups excluding tert-OH is 1. The minimum atomic E-state index is -4.13. The zero-order valence-electron chi connectivity index (χ0n) is 12.4. The largest absolute Gasteiger partial charge is 0.393 e. The summed E-state index contributed by atoms with van der Waals surface area (Å²) in [5.74, 6) is -1.43. The molecule has 1 aliphatic carbocycles. The molecule has 0 aromatic rings. The van der Waals surface area contributed by atoms with E-state index >= 15 is 0 Å². The molecule has 3 nitrogen and oxygen atoms in total. The average Bonchev–Trinajstić information content (AvgIpc) is 2.46. The number of hydrogen-bond acceptors (Lipinski definition) is 2. The van der Waals surface area contributed by atoms with Crippen LogP contribution in [-0.4, -0.2) is 41.3 Å². The Bertz CT molecular complexity index is 364. The first-order valence-electron chi connectivity index (χ1n) is 7.86. The lowest BCUT2D eigenvalue weighted by atomic mass is 9.80. The number of carbonyl (C=O) groups excluding carboxylic acids is 1. The number of halogens is 3. The normalized spacial score (nSPS) is 34.8. The molecule has 2 rings (SSSR count). The highest BCUT2D eigenvalue weighted by molar-refractivity contribution is 5.79. The number of likely N-dealkylation sites (tertiary alicyclic amines) is 1. The van der Waals surface area contributed by atoms with Gasteiger partial charge < -0.3 is 10.0 Å². The van der Waals surface area contributed by atoms with Crippen molar-refractivity contribution in [2.45, 2.75) is 57.7 Å². The topological polar surface area (TPSA) is 40.5 Å². The monoisotopic (exact) mass is 307 g/mol. The molecule has 1 aliphatic heterocycles. The second-order valence-corrected chi connectivity index (χ2v) is 6.40. The van der Waals surface area contributed by atoms with Gasteiger partial charge in [-0.2, -0.15) is 13.2 Å². The molecule has 2 fully saturated rings. The van der Waals surface area contributed by atoms with Gasteiger partial charge in [-0.1, -0.05) is 6.92 Å². The third kappa shape index (κ3) is 3.90. The fraction of sp³-hybridized carbons (Fsp3) is 0.933. The molecule has 0 aromatic heterocycles. The SMILES string of the molecule is CCC1CN(C(=O)C2CCC(C(F)(F)F)CC2)CCC1O. The Morgan fingerprint density at radius 1 is 1.19 bits per heavy atom. The van der Waals surface area contributed by atoms with Crippen LogP contribution < -0.4 is 0 Å². The molecule has 1 N–H and O–H groups in total. The summed E-state index contributed by atoms with van der Waals surface area (Å²) in [5, 5.41) is 9.84. The van der Waals surface area contributed by atoms with Crippen LogP contribution in [0.4, 0.5) is 13.2 Å². The Labute approximate surface area is 123 Å². The van der Waals surface area contributed by atoms with Gasteiger partial charge in [0.15, 0.2) is 0 Å². The van der Waals surface area contributed by atoms with E-state index in [4.69, 9.17) is 0 Å². The maximum Gasteiger partial charge on any atom is 0.391 e. The van der Waals surface area contributed by atoms with E-state index in [1.54, 1.807) is 4.90 Å². The first-order chi connectivity index (χ1) is 9.82. The van der Waals surface area contributed by atoms with Crippen LogP contribution in [0.5, 0.6) is 0 Å². The summed E-state index contributed by atoms with van der Waals surface area (Å²) in [5.41, 5.74) is 0. The first kappa shape index (κ1) is 16.6. The predicted octanol–water partition coefficient (Wildman–Crippen LogP) is 2.97. The van der Waals surface area contributed by atoms with Crippen molar-refractivity contribution >= 4 is 5.91 Å². The fourth-order valence-corrected chi connectivity index (χ4v) is 3.55. The van der Waals surface area contributed by atoms with Crippen LogP contribution in [0, 0.1) is 17.8 Å². The molecule has 0 aromatic carbocycles. The zero-order valence-corrected chi connectivity index (χ0v) is 12.4. The van der Waals surface area contributed by atoms with Gasteiger partial charge in [-0.05, 0) is 38.5 Å². The van der Waals surface area contributed by atoms with Crippen molar-refractivity contribution in [3.63, 3.8) is 0 Å². The van der Waals surface area contributed by atoms with Crippen LogP contribution >= 0.6 is 0 Å². The van der Waals surface area contributed by atoms with Crippen molar-refractivity contribution in [1.82, 2.24) is 4.90 Å². The van der Waals surface area contributed by atoms with Crippen LogP contribution in [0.15, 0.2) is 0 Å². The number of nitrogens with zero attached hydrogens (tertiary/aromatic N) is 1. The summed E-state index contributed by atoms with van der Waals surface area (Å²) in [7, 11) is 0. The number of hydrogen-bond donors (Lipinski definition) is 1. The molecule has 0 bridgehead atoms. The van der Waals surface area contributed by atoms with E-state index in [0.717, 1.165) is 6.42 Å². The van der Waals surface area contributed by atoms with E-state index in [-0.39, 0.29) is 36.7 Å². The van der Waals surface area contributed by atoms with Crippen LogP contribution in [0.25, 0.3) is 0 Å². The van der Waals surface area contributed by atoms with E-state index in [9.17, 15) is 23.1 Å². The van der Waals surface area contributed by atoms with Crippen molar-refractivity contribution in [2.75, 3.05) is 13.1 Å². The summed E-state index contributed by atoms with van der Waals surface area (Å²) in [6.45, 7) is 3.04. The number of amides is 1. The Hall–Kier alpha value is -0.780. The quantitative estimate of drug-likeness (QED) is 0.852. The number of rotatable bonds is 2. The molecule has 6 heteroatoms. The summed E-state index contributed by atoms with van der Waals surface area (Å²) in [6, 6.07) is 0. The summed E-state index contributed by atoms with van der Waals surface area (Å²) < 4.78 is 37.9. The molecule has 1 saturated carbocycles. The fourth-order valence-electron chi connectivity index (χ4n) is 3.55.